The number of anilines is 1. The van der Waals surface area contributed by atoms with E-state index in [0.717, 1.165) is 18.5 Å². The van der Waals surface area contributed by atoms with E-state index in [4.69, 9.17) is 4.74 Å². The predicted octanol–water partition coefficient (Wildman–Crippen LogP) is 5.90. The molecule has 3 aromatic rings. The zero-order valence-electron chi connectivity index (χ0n) is 15.5. The number of amides is 1. The Kier molecular flexibility index (Phi) is 5.54. The highest BCUT2D eigenvalue weighted by Gasteiger charge is 2.34. The van der Waals surface area contributed by atoms with Gasteiger partial charge < -0.3 is 10.1 Å². The summed E-state index contributed by atoms with van der Waals surface area (Å²) in [5.41, 5.74) is 0.517. The maximum Gasteiger partial charge on any atom is 0.420 e. The molecule has 4 nitrogen and oxygen atoms in total. The van der Waals surface area contributed by atoms with E-state index in [1.54, 1.807) is 19.9 Å². The number of pyridine rings is 1. The Balaban J connectivity index is 1.76. The quantitative estimate of drug-likeness (QED) is 0.551. The van der Waals surface area contributed by atoms with Crippen LogP contribution < -0.4 is 10.1 Å². The summed E-state index contributed by atoms with van der Waals surface area (Å²) in [4.78, 5) is 16.0. The molecular weight excluding hydrogens is 388 g/mol. The van der Waals surface area contributed by atoms with Crippen LogP contribution in [0.3, 0.4) is 0 Å². The first kappa shape index (κ1) is 20.3. The monoisotopic (exact) mass is 404 g/mol. The van der Waals surface area contributed by atoms with E-state index in [9.17, 15) is 22.4 Å². The van der Waals surface area contributed by atoms with Crippen LogP contribution in [0, 0.1) is 19.7 Å². The number of nitrogens with one attached hydrogen (secondary N) is 1. The van der Waals surface area contributed by atoms with Crippen LogP contribution in [0.15, 0.2) is 54.9 Å². The molecule has 150 valence electrons. The molecule has 3 rings (SSSR count). The molecule has 0 aliphatic carbocycles. The van der Waals surface area contributed by atoms with E-state index in [-0.39, 0.29) is 11.3 Å². The van der Waals surface area contributed by atoms with Crippen molar-refractivity contribution in [3.63, 3.8) is 0 Å². The Morgan fingerprint density at radius 3 is 2.38 bits per heavy atom. The van der Waals surface area contributed by atoms with Crippen LogP contribution in [-0.4, -0.2) is 10.9 Å². The van der Waals surface area contributed by atoms with Crippen molar-refractivity contribution in [3.8, 4) is 11.5 Å². The summed E-state index contributed by atoms with van der Waals surface area (Å²) in [6.07, 6.45) is -2.58. The number of alkyl halides is 3. The van der Waals surface area contributed by atoms with Crippen LogP contribution >= 0.6 is 0 Å². The van der Waals surface area contributed by atoms with Crippen molar-refractivity contribution < 1.29 is 27.1 Å². The lowest BCUT2D eigenvalue weighted by Gasteiger charge is -2.13. The molecule has 8 heteroatoms. The van der Waals surface area contributed by atoms with Crippen LogP contribution in [0.5, 0.6) is 11.5 Å². The van der Waals surface area contributed by atoms with Crippen molar-refractivity contribution in [1.29, 1.82) is 0 Å². The average Bonchev–Trinajstić information content (AvgIpc) is 2.62. The molecule has 0 spiro atoms. The largest absolute Gasteiger partial charge is 0.455 e. The van der Waals surface area contributed by atoms with Gasteiger partial charge in [-0.25, -0.2) is 4.39 Å². The van der Waals surface area contributed by atoms with Gasteiger partial charge in [-0.3, -0.25) is 9.78 Å². The Bertz CT molecular complexity index is 1020. The molecule has 0 saturated heterocycles. The summed E-state index contributed by atoms with van der Waals surface area (Å²) >= 11 is 0. The van der Waals surface area contributed by atoms with Gasteiger partial charge in [0.2, 0.25) is 0 Å². The van der Waals surface area contributed by atoms with Crippen molar-refractivity contribution in [1.82, 2.24) is 4.98 Å². The minimum Gasteiger partial charge on any atom is -0.455 e. The van der Waals surface area contributed by atoms with Gasteiger partial charge in [0.15, 0.2) is 5.75 Å². The SMILES string of the molecule is Cc1cc(C)c(C(=O)Nc2ccc(Oc3cnccc3C(F)(F)F)cc2)c(F)c1. The van der Waals surface area contributed by atoms with E-state index in [1.807, 2.05) is 0 Å². The van der Waals surface area contributed by atoms with Gasteiger partial charge in [0, 0.05) is 11.9 Å². The number of aromatic nitrogens is 1. The summed E-state index contributed by atoms with van der Waals surface area (Å²) in [5, 5.41) is 2.56. The first-order chi connectivity index (χ1) is 13.6. The van der Waals surface area contributed by atoms with Gasteiger partial charge in [-0.15, -0.1) is 0 Å². The van der Waals surface area contributed by atoms with Crippen molar-refractivity contribution in [3.05, 3.63) is 82.9 Å². The number of halogens is 4. The summed E-state index contributed by atoms with van der Waals surface area (Å²) in [5.74, 6) is -1.56. The maximum atomic E-state index is 14.1. The number of nitrogens with zero attached hydrogens (tertiary/aromatic N) is 1. The molecule has 1 aromatic heterocycles. The Hall–Kier alpha value is -3.42. The number of carbonyl (C=O) groups excluding carboxylic acids is 1. The predicted molar refractivity (Wildman–Crippen MR) is 99.6 cm³/mol. The minimum absolute atomic E-state index is 0.0684. The number of ether oxygens (including phenoxy) is 1. The van der Waals surface area contributed by atoms with Gasteiger partial charge in [0.25, 0.3) is 5.91 Å². The van der Waals surface area contributed by atoms with Gasteiger partial charge in [-0.2, -0.15) is 13.2 Å². The lowest BCUT2D eigenvalue weighted by atomic mass is 10.0. The first-order valence-electron chi connectivity index (χ1n) is 8.52. The molecule has 29 heavy (non-hydrogen) atoms. The molecule has 0 saturated carbocycles. The van der Waals surface area contributed by atoms with Crippen molar-refractivity contribution >= 4 is 11.6 Å². The number of carbonyl (C=O) groups is 1. The summed E-state index contributed by atoms with van der Waals surface area (Å²) < 4.78 is 58.5. The molecule has 1 N–H and O–H groups in total. The average molecular weight is 404 g/mol. The fraction of sp³-hybridized carbons (Fsp3) is 0.143. The number of benzene rings is 2. The third-order valence-electron chi connectivity index (χ3n) is 4.09. The number of aryl methyl sites for hydroxylation is 2. The first-order valence-corrected chi connectivity index (χ1v) is 8.52. The molecule has 1 heterocycles. The second-order valence-electron chi connectivity index (χ2n) is 6.39. The molecule has 0 fully saturated rings. The zero-order chi connectivity index (χ0) is 21.2. The molecule has 2 aromatic carbocycles. The fourth-order valence-corrected chi connectivity index (χ4v) is 2.83. The number of rotatable bonds is 4. The van der Waals surface area contributed by atoms with Crippen LogP contribution in [-0.2, 0) is 6.18 Å². The highest BCUT2D eigenvalue weighted by atomic mass is 19.4. The van der Waals surface area contributed by atoms with E-state index >= 15 is 0 Å². The lowest BCUT2D eigenvalue weighted by molar-refractivity contribution is -0.138. The smallest absolute Gasteiger partial charge is 0.420 e. The standard InChI is InChI=1S/C21H16F4N2O2/c1-12-9-13(2)19(17(22)10-12)20(28)27-14-3-5-15(6-4-14)29-18-11-26-8-7-16(18)21(23,24)25/h3-11H,1-2H3,(H,27,28). The molecule has 1 amide bonds. The van der Waals surface area contributed by atoms with Crippen LogP contribution in [0.25, 0.3) is 0 Å². The van der Waals surface area contributed by atoms with Gasteiger partial charge in [0.05, 0.1) is 11.8 Å². The topological polar surface area (TPSA) is 51.2 Å². The highest BCUT2D eigenvalue weighted by molar-refractivity contribution is 6.05. The third kappa shape index (κ3) is 4.71. The molecule has 0 bridgehead atoms. The number of hydrogen-bond donors (Lipinski definition) is 1. The molecule has 0 unspecified atom stereocenters. The molecular formula is C21H16F4N2O2. The second kappa shape index (κ2) is 7.90. The fourth-order valence-electron chi connectivity index (χ4n) is 2.83. The van der Waals surface area contributed by atoms with Gasteiger partial charge in [-0.05, 0) is 61.4 Å². The van der Waals surface area contributed by atoms with E-state index in [1.165, 1.54) is 30.3 Å². The molecule has 0 atom stereocenters. The summed E-state index contributed by atoms with van der Waals surface area (Å²) in [6.45, 7) is 3.36. The Morgan fingerprint density at radius 2 is 1.76 bits per heavy atom. The van der Waals surface area contributed by atoms with Crippen molar-refractivity contribution in [2.75, 3.05) is 5.32 Å². The van der Waals surface area contributed by atoms with Gasteiger partial charge in [0.1, 0.15) is 17.1 Å². The lowest BCUT2D eigenvalue weighted by Crippen LogP contribution is -2.15. The van der Waals surface area contributed by atoms with Crippen LogP contribution in [0.2, 0.25) is 0 Å². The van der Waals surface area contributed by atoms with E-state index < -0.39 is 29.2 Å². The summed E-state index contributed by atoms with van der Waals surface area (Å²) in [7, 11) is 0. The van der Waals surface area contributed by atoms with Crippen molar-refractivity contribution in [2.24, 2.45) is 0 Å². The zero-order valence-corrected chi connectivity index (χ0v) is 15.5. The number of hydrogen-bond acceptors (Lipinski definition) is 3. The second-order valence-corrected chi connectivity index (χ2v) is 6.39. The highest BCUT2D eigenvalue weighted by Crippen LogP contribution is 2.37. The normalized spacial score (nSPS) is 11.2. The summed E-state index contributed by atoms with van der Waals surface area (Å²) in [6, 6.07) is 9.45. The van der Waals surface area contributed by atoms with Gasteiger partial charge >= 0.3 is 6.18 Å². The molecule has 0 aliphatic rings. The maximum absolute atomic E-state index is 14.1. The molecule has 0 aliphatic heterocycles. The third-order valence-corrected chi connectivity index (χ3v) is 4.09. The van der Waals surface area contributed by atoms with E-state index in [2.05, 4.69) is 10.3 Å². The Labute approximate surface area is 164 Å². The Morgan fingerprint density at radius 1 is 1.07 bits per heavy atom. The molecule has 0 radical (unpaired) electrons. The minimum atomic E-state index is -4.58. The van der Waals surface area contributed by atoms with Crippen LogP contribution in [0.4, 0.5) is 23.2 Å². The van der Waals surface area contributed by atoms with Crippen molar-refractivity contribution in [2.45, 2.75) is 20.0 Å². The van der Waals surface area contributed by atoms with E-state index in [0.29, 0.717) is 16.8 Å². The van der Waals surface area contributed by atoms with Gasteiger partial charge in [-0.1, -0.05) is 6.07 Å². The van der Waals surface area contributed by atoms with Crippen LogP contribution in [0.1, 0.15) is 27.0 Å².